The Morgan fingerprint density at radius 1 is 1.58 bits per heavy atom. The summed E-state index contributed by atoms with van der Waals surface area (Å²) in [5.41, 5.74) is -1.53. The smallest absolute Gasteiger partial charge is 0.346 e. The van der Waals surface area contributed by atoms with Crippen LogP contribution in [0.3, 0.4) is 0 Å². The predicted molar refractivity (Wildman–Crippen MR) is 40.0 cm³/mol. The fourth-order valence-corrected chi connectivity index (χ4v) is 0.820. The van der Waals surface area contributed by atoms with Gasteiger partial charge in [0.15, 0.2) is 5.62 Å². The highest BCUT2D eigenvalue weighted by Gasteiger charge is 2.34. The van der Waals surface area contributed by atoms with Crippen molar-refractivity contribution in [2.24, 2.45) is 4.99 Å². The van der Waals surface area contributed by atoms with Crippen molar-refractivity contribution in [3.63, 3.8) is 0 Å². The summed E-state index contributed by atoms with van der Waals surface area (Å²) in [6.07, 6.45) is -2.70. The van der Waals surface area contributed by atoms with E-state index >= 15 is 0 Å². The summed E-state index contributed by atoms with van der Waals surface area (Å²) in [5, 5.41) is 0. The van der Waals surface area contributed by atoms with Crippen LogP contribution in [0.1, 0.15) is 0 Å². The molecule has 1 aliphatic rings. The van der Waals surface area contributed by atoms with Gasteiger partial charge < -0.3 is 4.90 Å². The van der Waals surface area contributed by atoms with E-state index < -0.39 is 17.4 Å². The minimum atomic E-state index is -4.35. The van der Waals surface area contributed by atoms with Crippen LogP contribution in [0.5, 0.6) is 0 Å². The lowest BCUT2D eigenvalue weighted by molar-refractivity contribution is -0.0869. The molecule has 0 aliphatic carbocycles. The van der Waals surface area contributed by atoms with Crippen molar-refractivity contribution >= 4 is 17.8 Å². The molecule has 0 amide bonds. The zero-order valence-electron chi connectivity index (χ0n) is 6.14. The van der Waals surface area contributed by atoms with E-state index in [2.05, 4.69) is 4.99 Å². The van der Waals surface area contributed by atoms with Gasteiger partial charge in [-0.3, -0.25) is 4.99 Å². The molecule has 1 aliphatic heterocycles. The van der Waals surface area contributed by atoms with Gasteiger partial charge in [0.1, 0.15) is 0 Å². The maximum absolute atomic E-state index is 12.0. The van der Waals surface area contributed by atoms with Gasteiger partial charge in [-0.1, -0.05) is 11.6 Å². The average Bonchev–Trinajstić information content (AvgIpc) is 1.92. The molecular weight excluding hydrogens is 193 g/mol. The summed E-state index contributed by atoms with van der Waals surface area (Å²) in [4.78, 5) is 4.62. The Bertz CT molecular complexity index is 233. The summed E-state index contributed by atoms with van der Waals surface area (Å²) in [6.45, 7) is 0. The van der Waals surface area contributed by atoms with Crippen LogP contribution >= 0.6 is 11.6 Å². The van der Waals surface area contributed by atoms with Gasteiger partial charge >= 0.3 is 6.18 Å². The summed E-state index contributed by atoms with van der Waals surface area (Å²) in [6, 6.07) is 0. The fraction of sp³-hybridized carbons (Fsp3) is 0.500. The molecule has 0 aromatic carbocycles. The molecule has 1 rings (SSSR count). The molecule has 0 bridgehead atoms. The molecule has 0 radical (unpaired) electrons. The van der Waals surface area contributed by atoms with E-state index in [-0.39, 0.29) is 0 Å². The van der Waals surface area contributed by atoms with Crippen LogP contribution in [0.4, 0.5) is 13.2 Å². The first-order valence-corrected chi connectivity index (χ1v) is 3.53. The Hall–Kier alpha value is -0.710. The largest absolute Gasteiger partial charge is 0.419 e. The quantitative estimate of drug-likeness (QED) is 0.429. The van der Waals surface area contributed by atoms with Crippen LogP contribution in [0.2, 0.25) is 0 Å². The van der Waals surface area contributed by atoms with E-state index in [1.54, 1.807) is 0 Å². The number of aliphatic imine (C=N–C) groups is 1. The van der Waals surface area contributed by atoms with E-state index in [1.807, 2.05) is 0 Å². The molecule has 1 heterocycles. The minimum Gasteiger partial charge on any atom is -0.346 e. The van der Waals surface area contributed by atoms with Gasteiger partial charge in [0.2, 0.25) is 0 Å². The molecule has 1 atom stereocenters. The molecule has 2 nitrogen and oxygen atoms in total. The van der Waals surface area contributed by atoms with Crippen LogP contribution in [0, 0.1) is 0 Å². The molecule has 1 unspecified atom stereocenters. The van der Waals surface area contributed by atoms with Crippen molar-refractivity contribution in [1.29, 1.82) is 0 Å². The molecule has 68 valence electrons. The molecule has 0 fully saturated rings. The van der Waals surface area contributed by atoms with Gasteiger partial charge in [-0.05, 0) is 0 Å². The van der Waals surface area contributed by atoms with E-state index in [9.17, 15) is 13.2 Å². The van der Waals surface area contributed by atoms with Crippen molar-refractivity contribution in [2.75, 3.05) is 7.05 Å². The molecular formula is C6H6ClF3N2. The Balaban J connectivity index is 2.84. The highest BCUT2D eigenvalue weighted by molar-refractivity contribution is 6.20. The van der Waals surface area contributed by atoms with Crippen LogP contribution in [-0.2, 0) is 0 Å². The second kappa shape index (κ2) is 2.97. The SMILES string of the molecule is CN1C=C(C(F)(F)F)C=NC1Cl. The van der Waals surface area contributed by atoms with Crippen molar-refractivity contribution in [3.8, 4) is 0 Å². The Morgan fingerprint density at radius 2 is 2.17 bits per heavy atom. The highest BCUT2D eigenvalue weighted by atomic mass is 35.5. The van der Waals surface area contributed by atoms with Gasteiger partial charge in [-0.15, -0.1) is 0 Å². The van der Waals surface area contributed by atoms with Crippen molar-refractivity contribution in [3.05, 3.63) is 11.8 Å². The number of hydrogen-bond donors (Lipinski definition) is 0. The van der Waals surface area contributed by atoms with E-state index in [0.29, 0.717) is 0 Å². The predicted octanol–water partition coefficient (Wildman–Crippen LogP) is 1.97. The molecule has 0 N–H and O–H groups in total. The summed E-state index contributed by atoms with van der Waals surface area (Å²) in [7, 11) is 1.43. The zero-order valence-corrected chi connectivity index (χ0v) is 6.89. The van der Waals surface area contributed by atoms with E-state index in [4.69, 9.17) is 11.6 Å². The third kappa shape index (κ3) is 1.91. The summed E-state index contributed by atoms with van der Waals surface area (Å²) in [5.74, 6) is 0. The topological polar surface area (TPSA) is 15.6 Å². The van der Waals surface area contributed by atoms with Gasteiger partial charge in [0.25, 0.3) is 0 Å². The van der Waals surface area contributed by atoms with Crippen LogP contribution in [-0.4, -0.2) is 30.0 Å². The van der Waals surface area contributed by atoms with Gasteiger partial charge in [0, 0.05) is 19.5 Å². The zero-order chi connectivity index (χ0) is 9.35. The molecule has 0 aromatic rings. The third-order valence-electron chi connectivity index (χ3n) is 1.34. The van der Waals surface area contributed by atoms with Crippen LogP contribution in [0.15, 0.2) is 16.8 Å². The molecule has 12 heavy (non-hydrogen) atoms. The number of halogens is 4. The molecule has 0 saturated heterocycles. The third-order valence-corrected chi connectivity index (χ3v) is 1.76. The minimum absolute atomic E-state index is 0.734. The lowest BCUT2D eigenvalue weighted by atomic mass is 10.3. The standard InChI is InChI=1S/C6H6ClF3N2/c1-12-3-4(6(8,9)10)2-11-5(12)7/h2-3,5H,1H3. The molecule has 0 spiro atoms. The Labute approximate surface area is 72.3 Å². The molecule has 0 aromatic heterocycles. The summed E-state index contributed by atoms with van der Waals surface area (Å²) < 4.78 is 36.0. The van der Waals surface area contributed by atoms with E-state index in [1.165, 1.54) is 11.9 Å². The lowest BCUT2D eigenvalue weighted by Gasteiger charge is -2.23. The number of allylic oxidation sites excluding steroid dienone is 1. The number of nitrogens with zero attached hydrogens (tertiary/aromatic N) is 2. The highest BCUT2D eigenvalue weighted by Crippen LogP contribution is 2.27. The van der Waals surface area contributed by atoms with Crippen molar-refractivity contribution in [2.45, 2.75) is 11.8 Å². The fourth-order valence-electron chi connectivity index (χ4n) is 0.708. The second-order valence-corrected chi connectivity index (χ2v) is 2.73. The van der Waals surface area contributed by atoms with Gasteiger partial charge in [-0.25, -0.2) is 0 Å². The first-order valence-electron chi connectivity index (χ1n) is 3.09. The van der Waals surface area contributed by atoms with Crippen molar-refractivity contribution in [1.82, 2.24) is 4.90 Å². The lowest BCUT2D eigenvalue weighted by Crippen LogP contribution is -2.28. The number of hydrogen-bond acceptors (Lipinski definition) is 2. The maximum Gasteiger partial charge on any atom is 0.419 e. The van der Waals surface area contributed by atoms with Gasteiger partial charge in [-0.2, -0.15) is 13.2 Å². The maximum atomic E-state index is 12.0. The number of rotatable bonds is 0. The van der Waals surface area contributed by atoms with Crippen molar-refractivity contribution < 1.29 is 13.2 Å². The number of alkyl halides is 4. The first kappa shape index (κ1) is 9.38. The Kier molecular flexibility index (Phi) is 2.32. The van der Waals surface area contributed by atoms with E-state index in [0.717, 1.165) is 12.4 Å². The average molecular weight is 199 g/mol. The second-order valence-electron chi connectivity index (χ2n) is 2.34. The molecule has 0 saturated carbocycles. The van der Waals surface area contributed by atoms with Gasteiger partial charge in [0.05, 0.1) is 5.57 Å². The molecule has 6 heteroatoms. The van der Waals surface area contributed by atoms with Crippen LogP contribution in [0.25, 0.3) is 0 Å². The van der Waals surface area contributed by atoms with Crippen LogP contribution < -0.4 is 0 Å². The Morgan fingerprint density at radius 3 is 2.58 bits per heavy atom. The summed E-state index contributed by atoms with van der Waals surface area (Å²) >= 11 is 5.50. The normalized spacial score (nSPS) is 24.2. The first-order chi connectivity index (χ1) is 5.41. The monoisotopic (exact) mass is 198 g/mol.